The molecule has 0 saturated carbocycles. The minimum Gasteiger partial charge on any atom is -0.291 e. The molecule has 1 heterocycles. The average Bonchev–Trinajstić information content (AvgIpc) is 1.91. The van der Waals surface area contributed by atoms with E-state index in [4.69, 9.17) is 0 Å². The lowest BCUT2D eigenvalue weighted by Crippen LogP contribution is -1.78. The summed E-state index contributed by atoms with van der Waals surface area (Å²) < 4.78 is 0. The number of nitrogens with zero attached hydrogens (tertiary/aromatic N) is 2. The van der Waals surface area contributed by atoms with Crippen LogP contribution in [-0.2, 0) is 4.79 Å². The molecule has 0 radical (unpaired) electrons. The highest BCUT2D eigenvalue weighted by Crippen LogP contribution is 2.06. The highest BCUT2D eigenvalue weighted by Gasteiger charge is 1.88. The Morgan fingerprint density at radius 2 is 2.44 bits per heavy atom. The van der Waals surface area contributed by atoms with Gasteiger partial charge in [-0.05, 0) is 11.8 Å². The smallest absolute Gasteiger partial charge is 0.182 e. The zero-order chi connectivity index (χ0) is 6.53. The molecule has 0 aromatic carbocycles. The molecule has 0 aliphatic rings. The summed E-state index contributed by atoms with van der Waals surface area (Å²) in [7, 11) is 0. The largest absolute Gasteiger partial charge is 0.291 e. The fourth-order valence-electron chi connectivity index (χ4n) is 0.396. The van der Waals surface area contributed by atoms with Crippen LogP contribution in [0.2, 0.25) is 0 Å². The van der Waals surface area contributed by atoms with E-state index in [1.54, 1.807) is 18.6 Å². The fraction of sp³-hybridized carbons (Fsp3) is 0. The van der Waals surface area contributed by atoms with Gasteiger partial charge in [-0.25, -0.2) is 4.98 Å². The van der Waals surface area contributed by atoms with Gasteiger partial charge >= 0.3 is 0 Å². The molecule has 46 valence electrons. The molecule has 0 N–H and O–H groups in total. The summed E-state index contributed by atoms with van der Waals surface area (Å²) in [6.45, 7) is 0. The molecule has 4 heteroatoms. The van der Waals surface area contributed by atoms with Gasteiger partial charge in [-0.3, -0.25) is 9.78 Å². The summed E-state index contributed by atoms with van der Waals surface area (Å²) in [6, 6.07) is 0. The van der Waals surface area contributed by atoms with E-state index in [1.807, 2.05) is 0 Å². The molecular formula is C5H4N2OS. The van der Waals surface area contributed by atoms with E-state index in [-0.39, 0.29) is 0 Å². The summed E-state index contributed by atoms with van der Waals surface area (Å²) in [5.74, 6) is 0. The second-order valence-corrected chi connectivity index (χ2v) is 2.10. The summed E-state index contributed by atoms with van der Waals surface area (Å²) in [5, 5.41) is 0.632. The molecule has 1 rings (SSSR count). The molecule has 0 unspecified atom stereocenters. The van der Waals surface area contributed by atoms with Crippen LogP contribution in [0.1, 0.15) is 0 Å². The third kappa shape index (κ3) is 1.81. The van der Waals surface area contributed by atoms with Gasteiger partial charge in [0.25, 0.3) is 0 Å². The Morgan fingerprint density at radius 1 is 1.56 bits per heavy atom. The van der Waals surface area contributed by atoms with E-state index in [2.05, 4.69) is 9.97 Å². The van der Waals surface area contributed by atoms with Gasteiger partial charge in [-0.1, -0.05) is 0 Å². The van der Waals surface area contributed by atoms with Crippen LogP contribution in [0.15, 0.2) is 23.6 Å². The summed E-state index contributed by atoms with van der Waals surface area (Å²) in [4.78, 5) is 17.5. The van der Waals surface area contributed by atoms with Gasteiger partial charge in [0.15, 0.2) is 5.62 Å². The molecule has 9 heavy (non-hydrogen) atoms. The van der Waals surface area contributed by atoms with Crippen LogP contribution in [0.5, 0.6) is 0 Å². The Balaban J connectivity index is 2.72. The molecule has 0 fully saturated rings. The van der Waals surface area contributed by atoms with Crippen LogP contribution in [0.3, 0.4) is 0 Å². The average molecular weight is 140 g/mol. The Hall–Kier alpha value is -0.900. The minimum atomic E-state index is 0.632. The number of hydrogen-bond acceptors (Lipinski definition) is 4. The predicted octanol–water partition coefficient (Wildman–Crippen LogP) is 0.759. The molecule has 3 nitrogen and oxygen atoms in total. The number of carbonyl (C=O) groups is 1. The van der Waals surface area contributed by atoms with Crippen molar-refractivity contribution in [2.75, 3.05) is 0 Å². The zero-order valence-corrected chi connectivity index (χ0v) is 5.34. The summed E-state index contributed by atoms with van der Waals surface area (Å²) in [5.41, 5.74) is 0.726. The molecule has 0 aliphatic heterocycles. The van der Waals surface area contributed by atoms with E-state index in [0.717, 1.165) is 17.4 Å². The normalized spacial score (nSPS) is 8.89. The quantitative estimate of drug-likeness (QED) is 0.449. The van der Waals surface area contributed by atoms with Crippen molar-refractivity contribution in [3.8, 4) is 0 Å². The number of aromatic nitrogens is 2. The lowest BCUT2D eigenvalue weighted by Gasteiger charge is -1.86. The maximum atomic E-state index is 9.87. The second kappa shape index (κ2) is 3.19. The van der Waals surface area contributed by atoms with Gasteiger partial charge in [0.1, 0.15) is 5.03 Å². The highest BCUT2D eigenvalue weighted by molar-refractivity contribution is 8.11. The molecule has 0 spiro atoms. The SMILES string of the molecule is O=CSc1cnccn1. The van der Waals surface area contributed by atoms with Crippen molar-refractivity contribution in [3.63, 3.8) is 0 Å². The van der Waals surface area contributed by atoms with Crippen LogP contribution < -0.4 is 0 Å². The van der Waals surface area contributed by atoms with Gasteiger partial charge in [0.2, 0.25) is 0 Å². The van der Waals surface area contributed by atoms with Crippen molar-refractivity contribution in [3.05, 3.63) is 18.6 Å². The first kappa shape index (κ1) is 6.22. The number of thioether (sulfide) groups is 1. The summed E-state index contributed by atoms with van der Waals surface area (Å²) >= 11 is 1.02. The molecular weight excluding hydrogens is 136 g/mol. The topological polar surface area (TPSA) is 42.9 Å². The van der Waals surface area contributed by atoms with Crippen LogP contribution in [0.25, 0.3) is 0 Å². The minimum absolute atomic E-state index is 0.632. The second-order valence-electron chi connectivity index (χ2n) is 1.26. The number of rotatable bonds is 2. The van der Waals surface area contributed by atoms with E-state index < -0.39 is 0 Å². The van der Waals surface area contributed by atoms with Crippen molar-refractivity contribution < 1.29 is 4.79 Å². The maximum Gasteiger partial charge on any atom is 0.182 e. The molecule has 1 aromatic heterocycles. The van der Waals surface area contributed by atoms with Crippen molar-refractivity contribution in [2.45, 2.75) is 5.03 Å². The van der Waals surface area contributed by atoms with Gasteiger partial charge in [-0.2, -0.15) is 0 Å². The van der Waals surface area contributed by atoms with Crippen LogP contribution in [-0.4, -0.2) is 15.6 Å². The van der Waals surface area contributed by atoms with E-state index in [9.17, 15) is 4.79 Å². The highest BCUT2D eigenvalue weighted by atomic mass is 32.2. The molecule has 0 bridgehead atoms. The van der Waals surface area contributed by atoms with Crippen LogP contribution in [0.4, 0.5) is 0 Å². The first-order chi connectivity index (χ1) is 4.43. The van der Waals surface area contributed by atoms with E-state index in [1.165, 1.54) is 0 Å². The van der Waals surface area contributed by atoms with Crippen molar-refractivity contribution >= 4 is 17.4 Å². The van der Waals surface area contributed by atoms with Crippen LogP contribution >= 0.6 is 11.8 Å². The predicted molar refractivity (Wildman–Crippen MR) is 34.6 cm³/mol. The first-order valence-corrected chi connectivity index (χ1v) is 3.18. The molecule has 0 aliphatic carbocycles. The Labute approximate surface area is 56.5 Å². The lowest BCUT2D eigenvalue weighted by molar-refractivity contribution is 0.570. The fourth-order valence-corrected chi connectivity index (χ4v) is 0.738. The third-order valence-corrected chi connectivity index (χ3v) is 1.26. The Bertz CT molecular complexity index is 189. The molecule has 0 saturated heterocycles. The van der Waals surface area contributed by atoms with Crippen molar-refractivity contribution in [1.29, 1.82) is 0 Å². The maximum absolute atomic E-state index is 9.87. The summed E-state index contributed by atoms with van der Waals surface area (Å²) in [6.07, 6.45) is 4.65. The molecule has 0 atom stereocenters. The molecule has 0 amide bonds. The van der Waals surface area contributed by atoms with E-state index in [0.29, 0.717) is 5.03 Å². The monoisotopic (exact) mass is 140 g/mol. The number of carbonyl (C=O) groups excluding carboxylic acids is 1. The molecule has 1 aromatic rings. The Morgan fingerprint density at radius 3 is 3.00 bits per heavy atom. The van der Waals surface area contributed by atoms with Crippen molar-refractivity contribution in [2.24, 2.45) is 0 Å². The standard InChI is InChI=1S/C5H4N2OS/c8-4-9-5-3-6-1-2-7-5/h1-4H. The van der Waals surface area contributed by atoms with Gasteiger partial charge in [0.05, 0.1) is 6.20 Å². The zero-order valence-electron chi connectivity index (χ0n) is 4.52. The van der Waals surface area contributed by atoms with Gasteiger partial charge in [-0.15, -0.1) is 0 Å². The number of hydrogen-bond donors (Lipinski definition) is 0. The first-order valence-electron chi connectivity index (χ1n) is 2.30. The lowest BCUT2D eigenvalue weighted by atomic mass is 10.8. The van der Waals surface area contributed by atoms with E-state index >= 15 is 0 Å². The van der Waals surface area contributed by atoms with Gasteiger partial charge < -0.3 is 0 Å². The van der Waals surface area contributed by atoms with Gasteiger partial charge in [0, 0.05) is 12.4 Å². The Kier molecular flexibility index (Phi) is 2.21. The van der Waals surface area contributed by atoms with Crippen molar-refractivity contribution in [1.82, 2.24) is 9.97 Å². The van der Waals surface area contributed by atoms with Crippen LogP contribution in [0, 0.1) is 0 Å². The third-order valence-electron chi connectivity index (χ3n) is 0.708.